The lowest BCUT2D eigenvalue weighted by molar-refractivity contribution is -0.134. The largest absolute Gasteiger partial charge is 0.448 e. The Morgan fingerprint density at radius 1 is 1.21 bits per heavy atom. The molecule has 28 heavy (non-hydrogen) atoms. The molecule has 7 nitrogen and oxygen atoms in total. The fourth-order valence-electron chi connectivity index (χ4n) is 4.43. The first-order valence-electron chi connectivity index (χ1n) is 9.50. The van der Waals surface area contributed by atoms with E-state index in [0.717, 1.165) is 44.4 Å². The van der Waals surface area contributed by atoms with E-state index in [0.29, 0.717) is 16.5 Å². The van der Waals surface area contributed by atoms with Gasteiger partial charge >= 0.3 is 0 Å². The summed E-state index contributed by atoms with van der Waals surface area (Å²) in [6, 6.07) is 7.44. The number of furan rings is 1. The summed E-state index contributed by atoms with van der Waals surface area (Å²) in [6.45, 7) is 3.66. The molecule has 2 aliphatic rings. The summed E-state index contributed by atoms with van der Waals surface area (Å²) in [4.78, 5) is 31.7. The summed E-state index contributed by atoms with van der Waals surface area (Å²) >= 11 is 0. The molecule has 1 spiro atoms. The number of hydrogen-bond donors (Lipinski definition) is 1. The van der Waals surface area contributed by atoms with Crippen LogP contribution in [0.3, 0.4) is 0 Å². The number of benzene rings is 1. The predicted molar refractivity (Wildman–Crippen MR) is 109 cm³/mol. The van der Waals surface area contributed by atoms with E-state index in [9.17, 15) is 9.59 Å². The van der Waals surface area contributed by atoms with Gasteiger partial charge in [0.2, 0.25) is 11.5 Å². The molecule has 0 aliphatic carbocycles. The van der Waals surface area contributed by atoms with Crippen LogP contribution < -0.4 is 10.9 Å². The molecule has 5 rings (SSSR count). The highest BCUT2D eigenvalue weighted by atomic mass is 35.5. The highest BCUT2D eigenvalue weighted by molar-refractivity contribution is 6.01. The minimum atomic E-state index is -0.307. The van der Waals surface area contributed by atoms with Crippen LogP contribution in [-0.2, 0) is 11.3 Å². The van der Waals surface area contributed by atoms with Gasteiger partial charge in [0.15, 0.2) is 0 Å². The third-order valence-corrected chi connectivity index (χ3v) is 6.17. The molecule has 148 valence electrons. The molecule has 2 aliphatic heterocycles. The van der Waals surface area contributed by atoms with Gasteiger partial charge in [-0.05, 0) is 43.4 Å². The van der Waals surface area contributed by atoms with E-state index in [4.69, 9.17) is 4.42 Å². The number of para-hydroxylation sites is 1. The quantitative estimate of drug-likeness (QED) is 0.710. The molecule has 2 saturated heterocycles. The summed E-state index contributed by atoms with van der Waals surface area (Å²) in [5, 5.41) is 4.25. The lowest BCUT2D eigenvalue weighted by Gasteiger charge is -2.38. The van der Waals surface area contributed by atoms with Crippen molar-refractivity contribution in [1.29, 1.82) is 0 Å². The molecule has 2 fully saturated rings. The SMILES string of the molecule is Cl.O=C(Cn1cnc2c(oc3ccccc32)c1=O)N1CCC2(CCNC2)CC1. The Morgan fingerprint density at radius 3 is 2.75 bits per heavy atom. The van der Waals surface area contributed by atoms with Crippen LogP contribution >= 0.6 is 12.4 Å². The fourth-order valence-corrected chi connectivity index (χ4v) is 4.43. The van der Waals surface area contributed by atoms with Crippen molar-refractivity contribution in [3.05, 3.63) is 40.9 Å². The van der Waals surface area contributed by atoms with Crippen LogP contribution in [0.2, 0.25) is 0 Å². The van der Waals surface area contributed by atoms with Crippen molar-refractivity contribution >= 4 is 40.4 Å². The number of rotatable bonds is 2. The van der Waals surface area contributed by atoms with Crippen molar-refractivity contribution in [2.75, 3.05) is 26.2 Å². The molecular weight excluding hydrogens is 380 g/mol. The second-order valence-corrected chi connectivity index (χ2v) is 7.76. The number of carbonyl (C=O) groups excluding carboxylic acids is 1. The smallest absolute Gasteiger partial charge is 0.297 e. The predicted octanol–water partition coefficient (Wildman–Crippen LogP) is 2.17. The fraction of sp³-hybridized carbons (Fsp3) is 0.450. The standard InChI is InChI=1S/C20H22N4O3.ClH/c25-16(23-9-6-20(7-10-23)5-8-21-12-20)11-24-13-22-17-14-3-1-2-4-15(14)27-18(17)19(24)26;/h1-4,13,21H,5-12H2;1H. The Labute approximate surface area is 168 Å². The monoisotopic (exact) mass is 402 g/mol. The van der Waals surface area contributed by atoms with E-state index >= 15 is 0 Å². The van der Waals surface area contributed by atoms with Gasteiger partial charge in [0, 0.05) is 25.0 Å². The van der Waals surface area contributed by atoms with Crippen LogP contribution in [0, 0.1) is 5.41 Å². The second-order valence-electron chi connectivity index (χ2n) is 7.76. The number of nitrogens with zero attached hydrogens (tertiary/aromatic N) is 3. The zero-order valence-electron chi connectivity index (χ0n) is 15.5. The van der Waals surface area contributed by atoms with E-state index in [1.165, 1.54) is 17.3 Å². The van der Waals surface area contributed by atoms with Gasteiger partial charge in [-0.15, -0.1) is 12.4 Å². The van der Waals surface area contributed by atoms with Crippen molar-refractivity contribution < 1.29 is 9.21 Å². The summed E-state index contributed by atoms with van der Waals surface area (Å²) in [5.41, 5.74) is 1.45. The van der Waals surface area contributed by atoms with Crippen LogP contribution in [-0.4, -0.2) is 46.5 Å². The van der Waals surface area contributed by atoms with Crippen molar-refractivity contribution in [2.45, 2.75) is 25.8 Å². The number of halogens is 1. The van der Waals surface area contributed by atoms with Crippen LogP contribution in [0.4, 0.5) is 0 Å². The van der Waals surface area contributed by atoms with E-state index in [2.05, 4.69) is 10.3 Å². The zero-order chi connectivity index (χ0) is 18.4. The number of hydrogen-bond acceptors (Lipinski definition) is 5. The maximum Gasteiger partial charge on any atom is 0.297 e. The van der Waals surface area contributed by atoms with Crippen LogP contribution in [0.25, 0.3) is 22.1 Å². The molecular formula is C20H23ClN4O3. The maximum absolute atomic E-state index is 12.8. The maximum atomic E-state index is 12.8. The number of piperidine rings is 1. The molecule has 1 amide bonds. The third kappa shape index (κ3) is 3.08. The number of likely N-dealkylation sites (tertiary alicyclic amines) is 1. The Balaban J connectivity index is 0.00000192. The highest BCUT2D eigenvalue weighted by Gasteiger charge is 2.38. The minimum absolute atomic E-state index is 0. The Kier molecular flexibility index (Phi) is 4.89. The first-order chi connectivity index (χ1) is 13.2. The van der Waals surface area contributed by atoms with Crippen molar-refractivity contribution in [3.63, 3.8) is 0 Å². The van der Waals surface area contributed by atoms with Gasteiger partial charge in [-0.1, -0.05) is 12.1 Å². The molecule has 2 aromatic heterocycles. The lowest BCUT2D eigenvalue weighted by Crippen LogP contribution is -2.45. The number of amides is 1. The zero-order valence-corrected chi connectivity index (χ0v) is 16.3. The van der Waals surface area contributed by atoms with E-state index in [1.54, 1.807) is 0 Å². The van der Waals surface area contributed by atoms with Gasteiger partial charge in [-0.2, -0.15) is 0 Å². The average molecular weight is 403 g/mol. The Morgan fingerprint density at radius 2 is 2.00 bits per heavy atom. The molecule has 0 saturated carbocycles. The second kappa shape index (κ2) is 7.22. The number of carbonyl (C=O) groups is 1. The molecule has 0 radical (unpaired) electrons. The highest BCUT2D eigenvalue weighted by Crippen LogP contribution is 2.36. The van der Waals surface area contributed by atoms with Crippen LogP contribution in [0.1, 0.15) is 19.3 Å². The summed E-state index contributed by atoms with van der Waals surface area (Å²) in [7, 11) is 0. The van der Waals surface area contributed by atoms with Gasteiger partial charge in [-0.25, -0.2) is 4.98 Å². The molecule has 1 N–H and O–H groups in total. The first kappa shape index (κ1) is 19.0. The van der Waals surface area contributed by atoms with Crippen LogP contribution in [0.15, 0.2) is 39.8 Å². The van der Waals surface area contributed by atoms with Crippen molar-refractivity contribution in [1.82, 2.24) is 19.8 Å². The molecule has 0 unspecified atom stereocenters. The van der Waals surface area contributed by atoms with Gasteiger partial charge in [-0.3, -0.25) is 14.2 Å². The summed E-state index contributed by atoms with van der Waals surface area (Å²) in [5.74, 6) is -0.0323. The van der Waals surface area contributed by atoms with Gasteiger partial charge in [0.25, 0.3) is 5.56 Å². The number of fused-ring (bicyclic) bond motifs is 3. The minimum Gasteiger partial charge on any atom is -0.448 e. The van der Waals surface area contributed by atoms with E-state index < -0.39 is 0 Å². The van der Waals surface area contributed by atoms with Crippen LogP contribution in [0.5, 0.6) is 0 Å². The number of nitrogens with one attached hydrogen (secondary N) is 1. The van der Waals surface area contributed by atoms with Gasteiger partial charge in [0.1, 0.15) is 17.6 Å². The molecule has 3 aromatic rings. The normalized spacial score (nSPS) is 18.6. The number of aromatic nitrogens is 2. The summed E-state index contributed by atoms with van der Waals surface area (Å²) < 4.78 is 7.04. The van der Waals surface area contributed by atoms with Crippen molar-refractivity contribution in [3.8, 4) is 0 Å². The third-order valence-electron chi connectivity index (χ3n) is 6.17. The molecule has 4 heterocycles. The van der Waals surface area contributed by atoms with Gasteiger partial charge in [0.05, 0.1) is 6.33 Å². The molecule has 0 atom stereocenters. The molecule has 0 bridgehead atoms. The van der Waals surface area contributed by atoms with E-state index in [-0.39, 0.29) is 36.0 Å². The molecule has 1 aromatic carbocycles. The Bertz CT molecular complexity index is 1070. The van der Waals surface area contributed by atoms with Gasteiger partial charge < -0.3 is 14.6 Å². The molecule has 8 heteroatoms. The summed E-state index contributed by atoms with van der Waals surface area (Å²) in [6.07, 6.45) is 4.71. The Hall–Kier alpha value is -2.38. The van der Waals surface area contributed by atoms with E-state index in [1.807, 2.05) is 29.2 Å². The average Bonchev–Trinajstić information content (AvgIpc) is 3.30. The van der Waals surface area contributed by atoms with Crippen molar-refractivity contribution in [2.24, 2.45) is 5.41 Å². The topological polar surface area (TPSA) is 80.4 Å². The first-order valence-corrected chi connectivity index (χ1v) is 9.50. The lowest BCUT2D eigenvalue weighted by atomic mass is 9.78.